The molecule has 1 aliphatic heterocycles. The Morgan fingerprint density at radius 3 is 2.77 bits per heavy atom. The molecule has 2 amide bonds. The third-order valence-corrected chi connectivity index (χ3v) is 5.23. The molecule has 2 heterocycles. The lowest BCUT2D eigenvalue weighted by Gasteiger charge is -2.24. The van der Waals surface area contributed by atoms with Crippen molar-refractivity contribution in [3.8, 4) is 0 Å². The number of aryl methyl sites for hydroxylation is 1. The van der Waals surface area contributed by atoms with Crippen LogP contribution in [0.4, 0.5) is 4.79 Å². The van der Waals surface area contributed by atoms with Crippen molar-refractivity contribution in [1.29, 1.82) is 0 Å². The number of benzene rings is 1. The Hall–Kier alpha value is -2.61. The highest BCUT2D eigenvalue weighted by Crippen LogP contribution is 2.24. The van der Waals surface area contributed by atoms with E-state index < -0.39 is 5.60 Å². The molecule has 1 saturated heterocycles. The Labute approximate surface area is 177 Å². The summed E-state index contributed by atoms with van der Waals surface area (Å²) in [6.07, 6.45) is 2.66. The van der Waals surface area contributed by atoms with Crippen LogP contribution in [0.15, 0.2) is 18.3 Å². The van der Waals surface area contributed by atoms with E-state index in [1.54, 1.807) is 12.0 Å². The van der Waals surface area contributed by atoms with Crippen molar-refractivity contribution in [2.45, 2.75) is 46.3 Å². The Morgan fingerprint density at radius 2 is 2.07 bits per heavy atom. The molecular weight excluding hydrogens is 384 g/mol. The van der Waals surface area contributed by atoms with Gasteiger partial charge in [-0.25, -0.2) is 4.79 Å². The maximum atomic E-state index is 12.4. The van der Waals surface area contributed by atoms with Gasteiger partial charge < -0.3 is 19.7 Å². The van der Waals surface area contributed by atoms with Crippen LogP contribution in [0.5, 0.6) is 0 Å². The quantitative estimate of drug-likeness (QED) is 0.732. The van der Waals surface area contributed by atoms with Gasteiger partial charge >= 0.3 is 6.09 Å². The lowest BCUT2D eigenvalue weighted by Crippen LogP contribution is -2.35. The van der Waals surface area contributed by atoms with Gasteiger partial charge in [0.2, 0.25) is 0 Å². The normalized spacial score (nSPS) is 16.8. The van der Waals surface area contributed by atoms with Crippen molar-refractivity contribution in [2.24, 2.45) is 5.92 Å². The topological polar surface area (TPSA) is 85.7 Å². The molecule has 30 heavy (non-hydrogen) atoms. The fourth-order valence-corrected chi connectivity index (χ4v) is 3.72. The number of aromatic nitrogens is 2. The monoisotopic (exact) mass is 416 g/mol. The van der Waals surface area contributed by atoms with E-state index in [2.05, 4.69) is 10.4 Å². The second-order valence-electron chi connectivity index (χ2n) is 8.85. The third kappa shape index (κ3) is 5.30. The van der Waals surface area contributed by atoms with E-state index in [1.807, 2.05) is 50.7 Å². The van der Waals surface area contributed by atoms with E-state index in [1.165, 1.54) is 0 Å². The zero-order chi connectivity index (χ0) is 21.9. The van der Waals surface area contributed by atoms with Crippen molar-refractivity contribution >= 4 is 22.9 Å². The van der Waals surface area contributed by atoms with Crippen LogP contribution in [0.25, 0.3) is 10.9 Å². The second-order valence-corrected chi connectivity index (χ2v) is 8.85. The van der Waals surface area contributed by atoms with E-state index in [-0.39, 0.29) is 12.0 Å². The Kier molecular flexibility index (Phi) is 6.65. The van der Waals surface area contributed by atoms with E-state index >= 15 is 0 Å². The Balaban J connectivity index is 1.66. The van der Waals surface area contributed by atoms with Gasteiger partial charge in [-0.3, -0.25) is 9.48 Å². The van der Waals surface area contributed by atoms with Crippen LogP contribution >= 0.6 is 0 Å². The summed E-state index contributed by atoms with van der Waals surface area (Å²) in [4.78, 5) is 26.5. The zero-order valence-corrected chi connectivity index (χ0v) is 18.5. The average Bonchev–Trinajstić information content (AvgIpc) is 3.28. The molecular formula is C22H32N4O4. The highest BCUT2D eigenvalue weighted by molar-refractivity contribution is 6.00. The van der Waals surface area contributed by atoms with Gasteiger partial charge in [-0.2, -0.15) is 5.10 Å². The van der Waals surface area contributed by atoms with Gasteiger partial charge in [0.1, 0.15) is 5.60 Å². The smallest absolute Gasteiger partial charge is 0.410 e. The molecule has 1 N–H and O–H groups in total. The van der Waals surface area contributed by atoms with E-state index in [4.69, 9.17) is 9.47 Å². The number of fused-ring (bicyclic) bond motifs is 1. The fourth-order valence-electron chi connectivity index (χ4n) is 3.72. The summed E-state index contributed by atoms with van der Waals surface area (Å²) in [5.41, 5.74) is 1.94. The highest BCUT2D eigenvalue weighted by Gasteiger charge is 2.30. The average molecular weight is 417 g/mol. The number of nitrogens with one attached hydrogen (secondary N) is 1. The number of carbonyl (C=O) groups excluding carboxylic acids is 2. The van der Waals surface area contributed by atoms with E-state index in [9.17, 15) is 9.59 Å². The number of amides is 2. The minimum absolute atomic E-state index is 0.108. The number of likely N-dealkylation sites (tertiary alicyclic amines) is 1. The van der Waals surface area contributed by atoms with E-state index in [0.717, 1.165) is 29.4 Å². The van der Waals surface area contributed by atoms with Crippen molar-refractivity contribution in [1.82, 2.24) is 20.0 Å². The van der Waals surface area contributed by atoms with Crippen molar-refractivity contribution in [2.75, 3.05) is 33.4 Å². The number of rotatable bonds is 6. The molecule has 2 aromatic rings. The first-order valence-corrected chi connectivity index (χ1v) is 10.4. The van der Waals surface area contributed by atoms with Crippen LogP contribution in [0.2, 0.25) is 0 Å². The summed E-state index contributed by atoms with van der Waals surface area (Å²) in [6.45, 7) is 10.6. The molecule has 1 aliphatic rings. The number of hydrogen-bond donors (Lipinski definition) is 1. The Morgan fingerprint density at radius 1 is 1.30 bits per heavy atom. The SMILES string of the molecule is COCCNC(=O)c1ccc2nn(C[C@H]3CCN(C(=O)OC(C)(C)C)C3)cc2c1C. The summed E-state index contributed by atoms with van der Waals surface area (Å²) in [7, 11) is 1.61. The lowest BCUT2D eigenvalue weighted by molar-refractivity contribution is 0.0286. The Bertz CT molecular complexity index is 916. The minimum atomic E-state index is -0.486. The fraction of sp³-hybridized carbons (Fsp3) is 0.591. The summed E-state index contributed by atoms with van der Waals surface area (Å²) in [5, 5.41) is 8.50. The van der Waals surface area contributed by atoms with Gasteiger partial charge in [0.05, 0.1) is 12.1 Å². The van der Waals surface area contributed by atoms with Gasteiger partial charge in [0, 0.05) is 50.4 Å². The van der Waals surface area contributed by atoms with Crippen molar-refractivity contribution < 1.29 is 19.1 Å². The molecule has 8 heteroatoms. The molecule has 0 unspecified atom stereocenters. The van der Waals surface area contributed by atoms with Gasteiger partial charge in [0.25, 0.3) is 5.91 Å². The van der Waals surface area contributed by atoms with Gasteiger partial charge in [-0.15, -0.1) is 0 Å². The van der Waals surface area contributed by atoms with Crippen molar-refractivity contribution in [3.63, 3.8) is 0 Å². The molecule has 0 radical (unpaired) electrons. The van der Waals surface area contributed by atoms with Crippen LogP contribution in [-0.2, 0) is 16.0 Å². The van der Waals surface area contributed by atoms with Crippen LogP contribution < -0.4 is 5.32 Å². The number of carbonyl (C=O) groups is 2. The predicted molar refractivity (Wildman–Crippen MR) is 115 cm³/mol. The van der Waals surface area contributed by atoms with Gasteiger partial charge in [-0.1, -0.05) is 0 Å². The predicted octanol–water partition coefficient (Wildman–Crippen LogP) is 2.98. The highest BCUT2D eigenvalue weighted by atomic mass is 16.6. The van der Waals surface area contributed by atoms with Gasteiger partial charge in [0.15, 0.2) is 0 Å². The lowest BCUT2D eigenvalue weighted by atomic mass is 10.0. The number of nitrogens with zero attached hydrogens (tertiary/aromatic N) is 3. The first-order valence-electron chi connectivity index (χ1n) is 10.4. The largest absolute Gasteiger partial charge is 0.444 e. The minimum Gasteiger partial charge on any atom is -0.444 e. The molecule has 3 rings (SSSR count). The molecule has 1 aromatic carbocycles. The summed E-state index contributed by atoms with van der Waals surface area (Å²) >= 11 is 0. The molecule has 1 fully saturated rings. The van der Waals surface area contributed by atoms with Crippen LogP contribution in [-0.4, -0.2) is 65.6 Å². The first kappa shape index (κ1) is 22.1. The number of hydrogen-bond acceptors (Lipinski definition) is 5. The van der Waals surface area contributed by atoms with Gasteiger partial charge in [-0.05, 0) is 57.7 Å². The molecule has 8 nitrogen and oxygen atoms in total. The third-order valence-electron chi connectivity index (χ3n) is 5.23. The molecule has 0 saturated carbocycles. The standard InChI is InChI=1S/C22H32N4O4/c1-15-17(20(27)23-9-11-29-5)6-7-19-18(15)14-26(24-19)13-16-8-10-25(12-16)21(28)30-22(2,3)4/h6-7,14,16H,8-13H2,1-5H3,(H,23,27)/t16-/m0/s1. The molecule has 0 bridgehead atoms. The summed E-state index contributed by atoms with van der Waals surface area (Å²) in [6, 6.07) is 3.70. The summed E-state index contributed by atoms with van der Waals surface area (Å²) < 4.78 is 12.4. The molecule has 1 atom stereocenters. The van der Waals surface area contributed by atoms with Crippen LogP contribution in [0.3, 0.4) is 0 Å². The maximum absolute atomic E-state index is 12.4. The molecule has 0 spiro atoms. The molecule has 164 valence electrons. The first-order chi connectivity index (χ1) is 14.2. The molecule has 1 aromatic heterocycles. The van der Waals surface area contributed by atoms with Crippen LogP contribution in [0.1, 0.15) is 43.1 Å². The van der Waals surface area contributed by atoms with Crippen molar-refractivity contribution in [3.05, 3.63) is 29.5 Å². The summed E-state index contributed by atoms with van der Waals surface area (Å²) in [5.74, 6) is 0.215. The maximum Gasteiger partial charge on any atom is 0.410 e. The second kappa shape index (κ2) is 9.04. The number of ether oxygens (including phenoxy) is 2. The zero-order valence-electron chi connectivity index (χ0n) is 18.5. The van der Waals surface area contributed by atoms with E-state index in [0.29, 0.717) is 37.7 Å². The number of methoxy groups -OCH3 is 1. The molecule has 0 aliphatic carbocycles. The van der Waals surface area contributed by atoms with Crippen LogP contribution in [0, 0.1) is 12.8 Å².